The molecule has 1 aliphatic heterocycles. The van der Waals surface area contributed by atoms with E-state index >= 15 is 0 Å². The predicted molar refractivity (Wildman–Crippen MR) is 100 cm³/mol. The molecule has 1 aromatic carbocycles. The fourth-order valence-corrected chi connectivity index (χ4v) is 3.02. The molecule has 25 heavy (non-hydrogen) atoms. The average Bonchev–Trinajstić information content (AvgIpc) is 2.68. The summed E-state index contributed by atoms with van der Waals surface area (Å²) in [7, 11) is 3.98. The molecule has 0 amide bonds. The number of anilines is 3. The maximum atomic E-state index is 4.75. The van der Waals surface area contributed by atoms with E-state index in [1.807, 2.05) is 55.5 Å². The minimum atomic E-state index is 0.897. The molecule has 128 valence electrons. The third kappa shape index (κ3) is 3.17. The van der Waals surface area contributed by atoms with Crippen LogP contribution in [0.2, 0.25) is 0 Å². The molecule has 0 saturated carbocycles. The van der Waals surface area contributed by atoms with Crippen molar-refractivity contribution in [3.63, 3.8) is 0 Å². The monoisotopic (exact) mass is 335 g/mol. The Balaban J connectivity index is 1.48. The fourth-order valence-electron chi connectivity index (χ4n) is 3.02. The molecule has 0 N–H and O–H groups in total. The molecule has 0 unspecified atom stereocenters. The van der Waals surface area contributed by atoms with Gasteiger partial charge < -0.3 is 14.7 Å². The maximum absolute atomic E-state index is 4.75. The van der Waals surface area contributed by atoms with Crippen LogP contribution in [0.15, 0.2) is 42.9 Å². The van der Waals surface area contributed by atoms with Gasteiger partial charge in [0.05, 0.1) is 17.2 Å². The van der Waals surface area contributed by atoms with Crippen LogP contribution in [0.3, 0.4) is 0 Å². The smallest absolute Gasteiger partial charge is 0.147 e. The summed E-state index contributed by atoms with van der Waals surface area (Å²) in [5.74, 6) is 2.84. The Hall–Kier alpha value is -2.96. The fraction of sp³-hybridized carbons (Fsp3) is 0.333. The molecule has 0 atom stereocenters. The van der Waals surface area contributed by atoms with Crippen molar-refractivity contribution in [1.82, 2.24) is 19.9 Å². The highest BCUT2D eigenvalue weighted by molar-refractivity contribution is 5.75. The quantitative estimate of drug-likeness (QED) is 0.723. The number of para-hydroxylation sites is 2. The van der Waals surface area contributed by atoms with Gasteiger partial charge in [-0.25, -0.2) is 15.0 Å². The summed E-state index contributed by atoms with van der Waals surface area (Å²) >= 11 is 0. The van der Waals surface area contributed by atoms with E-state index in [2.05, 4.69) is 24.8 Å². The van der Waals surface area contributed by atoms with Crippen molar-refractivity contribution in [3.8, 4) is 0 Å². The highest BCUT2D eigenvalue weighted by Gasteiger charge is 2.20. The lowest BCUT2D eigenvalue weighted by Gasteiger charge is -2.36. The van der Waals surface area contributed by atoms with E-state index in [0.29, 0.717) is 0 Å². The zero-order valence-electron chi connectivity index (χ0n) is 14.5. The molecular weight excluding hydrogens is 314 g/mol. The molecule has 0 aliphatic carbocycles. The lowest BCUT2D eigenvalue weighted by atomic mass is 10.3. The van der Waals surface area contributed by atoms with Gasteiger partial charge in [0.2, 0.25) is 0 Å². The summed E-state index contributed by atoms with van der Waals surface area (Å²) in [5.41, 5.74) is 1.87. The first-order chi connectivity index (χ1) is 12.2. The highest BCUT2D eigenvalue weighted by Crippen LogP contribution is 2.20. The summed E-state index contributed by atoms with van der Waals surface area (Å²) in [6.45, 7) is 3.60. The molecular formula is C18H21N7. The second-order valence-corrected chi connectivity index (χ2v) is 6.32. The molecule has 0 bridgehead atoms. The number of piperazine rings is 1. The standard InChI is InChI=1S/C18H21N7/c1-23(2)16-11-17(21-13-20-16)24-7-9-25(10-8-24)18-12-19-14-5-3-4-6-15(14)22-18/h3-6,11-13H,7-10H2,1-2H3. The SMILES string of the molecule is CN(C)c1cc(N2CCN(c3cnc4ccccc4n3)CC2)ncn1. The molecule has 4 rings (SSSR count). The molecule has 7 nitrogen and oxygen atoms in total. The molecule has 7 heteroatoms. The number of nitrogens with zero attached hydrogens (tertiary/aromatic N) is 7. The van der Waals surface area contributed by atoms with Crippen molar-refractivity contribution in [1.29, 1.82) is 0 Å². The zero-order chi connectivity index (χ0) is 17.2. The third-order valence-electron chi connectivity index (χ3n) is 4.46. The summed E-state index contributed by atoms with van der Waals surface area (Å²) in [4.78, 5) is 24.5. The maximum Gasteiger partial charge on any atom is 0.147 e. The first kappa shape index (κ1) is 15.6. The van der Waals surface area contributed by atoms with Gasteiger partial charge in [-0.05, 0) is 12.1 Å². The van der Waals surface area contributed by atoms with Crippen LogP contribution in [-0.4, -0.2) is 60.2 Å². The Morgan fingerprint density at radius 1 is 0.840 bits per heavy atom. The minimum Gasteiger partial charge on any atom is -0.363 e. The highest BCUT2D eigenvalue weighted by atomic mass is 15.3. The predicted octanol–water partition coefficient (Wildman–Crippen LogP) is 1.81. The second-order valence-electron chi connectivity index (χ2n) is 6.32. The zero-order valence-corrected chi connectivity index (χ0v) is 14.5. The molecule has 0 spiro atoms. The number of hydrogen-bond acceptors (Lipinski definition) is 7. The first-order valence-corrected chi connectivity index (χ1v) is 8.42. The normalized spacial score (nSPS) is 14.8. The van der Waals surface area contributed by atoms with Gasteiger partial charge in [-0.15, -0.1) is 0 Å². The lowest BCUT2D eigenvalue weighted by molar-refractivity contribution is 0.641. The summed E-state index contributed by atoms with van der Waals surface area (Å²) in [6.07, 6.45) is 3.50. The number of aromatic nitrogens is 4. The van der Waals surface area contributed by atoms with Crippen molar-refractivity contribution >= 4 is 28.5 Å². The van der Waals surface area contributed by atoms with E-state index in [1.165, 1.54) is 0 Å². The molecule has 1 fully saturated rings. The van der Waals surface area contributed by atoms with E-state index in [9.17, 15) is 0 Å². The van der Waals surface area contributed by atoms with Crippen molar-refractivity contribution in [2.45, 2.75) is 0 Å². The Labute approximate surface area is 147 Å². The van der Waals surface area contributed by atoms with Crippen LogP contribution in [0, 0.1) is 0 Å². The van der Waals surface area contributed by atoms with Gasteiger partial charge in [-0.3, -0.25) is 4.98 Å². The third-order valence-corrected chi connectivity index (χ3v) is 4.46. The summed E-state index contributed by atoms with van der Waals surface area (Å²) in [5, 5.41) is 0. The van der Waals surface area contributed by atoms with E-state index in [1.54, 1.807) is 6.33 Å². The van der Waals surface area contributed by atoms with Crippen LogP contribution in [0.1, 0.15) is 0 Å². The summed E-state index contributed by atoms with van der Waals surface area (Å²) < 4.78 is 0. The van der Waals surface area contributed by atoms with Gasteiger partial charge in [-0.1, -0.05) is 12.1 Å². The van der Waals surface area contributed by atoms with Crippen LogP contribution in [-0.2, 0) is 0 Å². The van der Waals surface area contributed by atoms with Crippen LogP contribution in [0.25, 0.3) is 11.0 Å². The largest absolute Gasteiger partial charge is 0.363 e. The van der Waals surface area contributed by atoms with Gasteiger partial charge in [0.25, 0.3) is 0 Å². The number of benzene rings is 1. The summed E-state index contributed by atoms with van der Waals surface area (Å²) in [6, 6.07) is 10.0. The van der Waals surface area contributed by atoms with Crippen LogP contribution < -0.4 is 14.7 Å². The first-order valence-electron chi connectivity index (χ1n) is 8.42. The van der Waals surface area contributed by atoms with Crippen molar-refractivity contribution in [2.75, 3.05) is 55.0 Å². The molecule has 0 radical (unpaired) electrons. The average molecular weight is 335 g/mol. The van der Waals surface area contributed by atoms with E-state index in [0.717, 1.165) is 54.7 Å². The van der Waals surface area contributed by atoms with E-state index < -0.39 is 0 Å². The Bertz CT molecular complexity index is 872. The van der Waals surface area contributed by atoms with Crippen LogP contribution in [0.4, 0.5) is 17.5 Å². The van der Waals surface area contributed by atoms with E-state index in [4.69, 9.17) is 4.98 Å². The lowest BCUT2D eigenvalue weighted by Crippen LogP contribution is -2.47. The number of fused-ring (bicyclic) bond motifs is 1. The van der Waals surface area contributed by atoms with Crippen molar-refractivity contribution in [3.05, 3.63) is 42.9 Å². The Morgan fingerprint density at radius 2 is 1.52 bits per heavy atom. The van der Waals surface area contributed by atoms with Crippen LogP contribution >= 0.6 is 0 Å². The molecule has 1 aliphatic rings. The molecule has 1 saturated heterocycles. The molecule has 3 aromatic rings. The number of rotatable bonds is 3. The van der Waals surface area contributed by atoms with Gasteiger partial charge in [0.1, 0.15) is 23.8 Å². The topological polar surface area (TPSA) is 61.3 Å². The van der Waals surface area contributed by atoms with E-state index in [-0.39, 0.29) is 0 Å². The van der Waals surface area contributed by atoms with Crippen LogP contribution in [0.5, 0.6) is 0 Å². The second kappa shape index (κ2) is 6.51. The molecule has 2 aromatic heterocycles. The number of hydrogen-bond donors (Lipinski definition) is 0. The van der Waals surface area contributed by atoms with Crippen molar-refractivity contribution < 1.29 is 0 Å². The van der Waals surface area contributed by atoms with Gasteiger partial charge >= 0.3 is 0 Å². The van der Waals surface area contributed by atoms with Crippen molar-refractivity contribution in [2.24, 2.45) is 0 Å². The Kier molecular flexibility index (Phi) is 4.05. The van der Waals surface area contributed by atoms with Gasteiger partial charge in [-0.2, -0.15) is 0 Å². The minimum absolute atomic E-state index is 0.897. The Morgan fingerprint density at radius 3 is 2.24 bits per heavy atom. The van der Waals surface area contributed by atoms with Gasteiger partial charge in [0, 0.05) is 46.3 Å². The van der Waals surface area contributed by atoms with Gasteiger partial charge in [0.15, 0.2) is 0 Å². The molecule has 3 heterocycles.